The summed E-state index contributed by atoms with van der Waals surface area (Å²) >= 11 is 0. The van der Waals surface area contributed by atoms with Crippen LogP contribution in [0.15, 0.2) is 18.5 Å². The van der Waals surface area contributed by atoms with E-state index in [1.165, 1.54) is 19.5 Å². The van der Waals surface area contributed by atoms with Gasteiger partial charge in [-0.25, -0.2) is 8.42 Å². The summed E-state index contributed by atoms with van der Waals surface area (Å²) in [4.78, 5) is 4.06. The van der Waals surface area contributed by atoms with Gasteiger partial charge in [-0.1, -0.05) is 0 Å². The molecule has 0 aliphatic heterocycles. The molecule has 0 amide bonds. The number of sulfonamides is 1. The summed E-state index contributed by atoms with van der Waals surface area (Å²) in [7, 11) is -1.85. The minimum atomic E-state index is -3.35. The van der Waals surface area contributed by atoms with Crippen LogP contribution in [0, 0.1) is 0 Å². The molecule has 1 aromatic heterocycles. The Bertz CT molecular complexity index is 569. The molecule has 19 heavy (non-hydrogen) atoms. The van der Waals surface area contributed by atoms with Crippen LogP contribution in [0.25, 0.3) is 5.70 Å². The van der Waals surface area contributed by atoms with E-state index < -0.39 is 10.0 Å². The van der Waals surface area contributed by atoms with Crippen molar-refractivity contribution in [2.45, 2.75) is 6.92 Å². The van der Waals surface area contributed by atoms with Crippen LogP contribution in [-0.2, 0) is 10.0 Å². The van der Waals surface area contributed by atoms with Gasteiger partial charge in [0, 0.05) is 12.3 Å². The van der Waals surface area contributed by atoms with Crippen molar-refractivity contribution in [1.29, 1.82) is 0 Å². The number of hydrogen-bond donors (Lipinski definition) is 2. The van der Waals surface area contributed by atoms with E-state index in [0.717, 1.165) is 6.26 Å². The van der Waals surface area contributed by atoms with Crippen molar-refractivity contribution in [2.75, 3.05) is 20.0 Å². The maximum Gasteiger partial charge on any atom is 0.229 e. The van der Waals surface area contributed by atoms with Gasteiger partial charge in [0.05, 0.1) is 37.6 Å². The van der Waals surface area contributed by atoms with E-state index in [9.17, 15) is 8.42 Å². The van der Waals surface area contributed by atoms with E-state index in [0.29, 0.717) is 23.8 Å². The average molecular weight is 287 g/mol. The predicted octanol–water partition coefficient (Wildman–Crippen LogP) is 0.295. The first kappa shape index (κ1) is 15.1. The molecule has 0 fully saturated rings. The van der Waals surface area contributed by atoms with Gasteiger partial charge in [-0.3, -0.25) is 9.71 Å². The summed E-state index contributed by atoms with van der Waals surface area (Å²) in [5.41, 5.74) is 6.30. The third kappa shape index (κ3) is 4.66. The number of aromatic nitrogens is 1. The van der Waals surface area contributed by atoms with Gasteiger partial charge in [-0.2, -0.15) is 0 Å². The van der Waals surface area contributed by atoms with Crippen LogP contribution < -0.4 is 19.9 Å². The number of nitrogens with zero attached hydrogens (tertiary/aromatic N) is 1. The molecule has 0 aliphatic carbocycles. The Morgan fingerprint density at radius 3 is 2.74 bits per heavy atom. The van der Waals surface area contributed by atoms with Gasteiger partial charge in [0.15, 0.2) is 11.5 Å². The van der Waals surface area contributed by atoms with Crippen LogP contribution >= 0.6 is 0 Å². The Kier molecular flexibility index (Phi) is 4.99. The maximum atomic E-state index is 11.0. The van der Waals surface area contributed by atoms with E-state index in [2.05, 4.69) is 9.71 Å². The van der Waals surface area contributed by atoms with Crippen molar-refractivity contribution < 1.29 is 17.9 Å². The van der Waals surface area contributed by atoms with Crippen LogP contribution in [0.3, 0.4) is 0 Å². The van der Waals surface area contributed by atoms with Crippen LogP contribution in [0.1, 0.15) is 12.6 Å². The first-order valence-electron chi connectivity index (χ1n) is 5.47. The zero-order chi connectivity index (χ0) is 14.5. The summed E-state index contributed by atoms with van der Waals surface area (Å²) in [5, 5.41) is 0. The fourth-order valence-corrected chi connectivity index (χ4v) is 1.59. The molecule has 1 heterocycles. The molecule has 3 N–H and O–H groups in total. The molecule has 8 heteroatoms. The van der Waals surface area contributed by atoms with E-state index in [-0.39, 0.29) is 5.70 Å². The van der Waals surface area contributed by atoms with Gasteiger partial charge in [-0.15, -0.1) is 0 Å². The molecular formula is C11H17N3O4S. The normalized spacial score (nSPS) is 12.1. The summed E-state index contributed by atoms with van der Waals surface area (Å²) in [5.74, 6) is 0.972. The molecule has 0 saturated carbocycles. The zero-order valence-electron chi connectivity index (χ0n) is 11.0. The molecule has 1 rings (SSSR count). The standard InChI is InChI=1S/C11H17N3O4S/c1-4-18-10-5-9(13-7-11(10)17-2)8(12)6-14-19(3,15)16/h5-7,14H,4,12H2,1-3H3/b8-6-. The summed E-state index contributed by atoms with van der Waals surface area (Å²) in [6.45, 7) is 2.30. The highest BCUT2D eigenvalue weighted by atomic mass is 32.2. The first-order valence-corrected chi connectivity index (χ1v) is 7.36. The van der Waals surface area contributed by atoms with Crippen molar-refractivity contribution >= 4 is 15.7 Å². The second-order valence-corrected chi connectivity index (χ2v) is 5.42. The van der Waals surface area contributed by atoms with E-state index in [4.69, 9.17) is 15.2 Å². The number of pyridine rings is 1. The minimum Gasteiger partial charge on any atom is -0.491 e. The number of nitrogens with one attached hydrogen (secondary N) is 1. The molecule has 106 valence electrons. The third-order valence-corrected chi connectivity index (χ3v) is 2.62. The minimum absolute atomic E-state index is 0.175. The van der Waals surface area contributed by atoms with E-state index in [1.807, 2.05) is 6.92 Å². The maximum absolute atomic E-state index is 11.0. The van der Waals surface area contributed by atoms with Gasteiger partial charge < -0.3 is 15.2 Å². The molecule has 1 aromatic rings. The highest BCUT2D eigenvalue weighted by Crippen LogP contribution is 2.27. The molecule has 0 saturated heterocycles. The Morgan fingerprint density at radius 1 is 1.53 bits per heavy atom. The monoisotopic (exact) mass is 287 g/mol. The Labute approximate surface area is 112 Å². The number of rotatable bonds is 6. The van der Waals surface area contributed by atoms with Crippen molar-refractivity contribution in [3.05, 3.63) is 24.2 Å². The predicted molar refractivity (Wildman–Crippen MR) is 72.1 cm³/mol. The van der Waals surface area contributed by atoms with Crippen molar-refractivity contribution in [1.82, 2.24) is 9.71 Å². The molecule has 0 radical (unpaired) electrons. The first-order chi connectivity index (χ1) is 8.87. The van der Waals surface area contributed by atoms with Gasteiger partial charge >= 0.3 is 0 Å². The molecule has 0 spiro atoms. The quantitative estimate of drug-likeness (QED) is 0.779. The zero-order valence-corrected chi connectivity index (χ0v) is 11.8. The second kappa shape index (κ2) is 6.28. The lowest BCUT2D eigenvalue weighted by Crippen LogP contribution is -2.17. The van der Waals surface area contributed by atoms with Gasteiger partial charge in [-0.05, 0) is 6.92 Å². The van der Waals surface area contributed by atoms with Crippen molar-refractivity contribution in [3.63, 3.8) is 0 Å². The molecule has 0 atom stereocenters. The van der Waals surface area contributed by atoms with Gasteiger partial charge in [0.2, 0.25) is 10.0 Å². The Hall–Kier alpha value is -1.96. The largest absolute Gasteiger partial charge is 0.491 e. The lowest BCUT2D eigenvalue weighted by atomic mass is 10.2. The summed E-state index contributed by atoms with van der Waals surface area (Å²) in [6.07, 6.45) is 3.66. The number of hydrogen-bond acceptors (Lipinski definition) is 6. The fraction of sp³-hybridized carbons (Fsp3) is 0.364. The molecule has 0 aliphatic rings. The molecule has 0 bridgehead atoms. The van der Waals surface area contributed by atoms with Crippen LogP contribution in [0.4, 0.5) is 0 Å². The lowest BCUT2D eigenvalue weighted by molar-refractivity contribution is 0.309. The number of ether oxygens (including phenoxy) is 2. The van der Waals surface area contributed by atoms with Crippen molar-refractivity contribution in [3.8, 4) is 11.5 Å². The highest BCUT2D eigenvalue weighted by molar-refractivity contribution is 7.88. The molecule has 7 nitrogen and oxygen atoms in total. The highest BCUT2D eigenvalue weighted by Gasteiger charge is 2.08. The molecule has 0 aromatic carbocycles. The van der Waals surface area contributed by atoms with Gasteiger partial charge in [0.25, 0.3) is 0 Å². The Morgan fingerprint density at radius 2 is 2.21 bits per heavy atom. The average Bonchev–Trinajstić information content (AvgIpc) is 2.35. The van der Waals surface area contributed by atoms with Crippen LogP contribution in [0.5, 0.6) is 11.5 Å². The van der Waals surface area contributed by atoms with Gasteiger partial charge in [0.1, 0.15) is 0 Å². The van der Waals surface area contributed by atoms with E-state index >= 15 is 0 Å². The molecular weight excluding hydrogens is 270 g/mol. The summed E-state index contributed by atoms with van der Waals surface area (Å²) < 4.78 is 34.6. The third-order valence-electron chi connectivity index (χ3n) is 2.08. The lowest BCUT2D eigenvalue weighted by Gasteiger charge is -2.10. The van der Waals surface area contributed by atoms with E-state index in [1.54, 1.807) is 6.07 Å². The Balaban J connectivity index is 3.04. The summed E-state index contributed by atoms with van der Waals surface area (Å²) in [6, 6.07) is 1.58. The number of nitrogens with two attached hydrogens (primary N) is 1. The topological polar surface area (TPSA) is 104 Å². The number of methoxy groups -OCH3 is 1. The SMILES string of the molecule is CCOc1cc(/C(N)=C/NS(C)(=O)=O)ncc1OC. The van der Waals surface area contributed by atoms with Crippen molar-refractivity contribution in [2.24, 2.45) is 5.73 Å². The van der Waals surface area contributed by atoms with Crippen LogP contribution in [-0.4, -0.2) is 33.4 Å². The fourth-order valence-electron chi connectivity index (χ4n) is 1.25. The smallest absolute Gasteiger partial charge is 0.229 e. The second-order valence-electron chi connectivity index (χ2n) is 3.64. The van der Waals surface area contributed by atoms with Crippen LogP contribution in [0.2, 0.25) is 0 Å². The molecule has 0 unspecified atom stereocenters.